The summed E-state index contributed by atoms with van der Waals surface area (Å²) in [5.74, 6) is -1.35. The zero-order chi connectivity index (χ0) is 20.1. The number of rotatable bonds is 8. The molecule has 2 aromatic rings. The fourth-order valence-corrected chi connectivity index (χ4v) is 2.48. The molecule has 0 saturated carbocycles. The first-order valence-electron chi connectivity index (χ1n) is 8.27. The van der Waals surface area contributed by atoms with Crippen molar-refractivity contribution in [2.45, 2.75) is 6.42 Å². The van der Waals surface area contributed by atoms with Gasteiger partial charge in [0.25, 0.3) is 5.91 Å². The van der Waals surface area contributed by atoms with Crippen molar-refractivity contribution in [3.8, 4) is 0 Å². The third-order valence-corrected chi connectivity index (χ3v) is 3.82. The number of carbonyl (C=O) groups excluding carboxylic acids is 2. The van der Waals surface area contributed by atoms with Gasteiger partial charge in [-0.25, -0.2) is 0 Å². The lowest BCUT2D eigenvalue weighted by Gasteiger charge is -2.10. The molecule has 11 nitrogen and oxygen atoms in total. The van der Waals surface area contributed by atoms with Crippen molar-refractivity contribution in [1.29, 1.82) is 0 Å². The van der Waals surface area contributed by atoms with Crippen molar-refractivity contribution < 1.29 is 14.5 Å². The van der Waals surface area contributed by atoms with Crippen molar-refractivity contribution in [2.75, 3.05) is 32.5 Å². The van der Waals surface area contributed by atoms with Crippen molar-refractivity contribution in [3.05, 3.63) is 40.1 Å². The molecule has 2 heterocycles. The van der Waals surface area contributed by atoms with E-state index < -0.39 is 16.6 Å². The zero-order valence-electron chi connectivity index (χ0n) is 15.7. The van der Waals surface area contributed by atoms with E-state index in [0.717, 1.165) is 19.2 Å². The van der Waals surface area contributed by atoms with Gasteiger partial charge in [0.2, 0.25) is 0 Å². The highest BCUT2D eigenvalue weighted by Gasteiger charge is 2.24. The van der Waals surface area contributed by atoms with E-state index in [9.17, 15) is 19.7 Å². The van der Waals surface area contributed by atoms with Gasteiger partial charge in [-0.1, -0.05) is 0 Å². The number of carbonyl (C=O) groups is 2. The van der Waals surface area contributed by atoms with Crippen LogP contribution in [0.2, 0.25) is 0 Å². The van der Waals surface area contributed by atoms with E-state index in [4.69, 9.17) is 0 Å². The molecule has 0 unspecified atom stereocenters. The van der Waals surface area contributed by atoms with E-state index in [1.807, 2.05) is 19.0 Å². The Labute approximate surface area is 156 Å². The van der Waals surface area contributed by atoms with Crippen LogP contribution >= 0.6 is 0 Å². The predicted molar refractivity (Wildman–Crippen MR) is 98.7 cm³/mol. The SMILES string of the molecule is CN(C)CCCNC(=O)c1cc(NC(=O)c2nc([N+](=O)[O-])cn2C)cn1C. The van der Waals surface area contributed by atoms with Crippen LogP contribution in [0.3, 0.4) is 0 Å². The molecule has 146 valence electrons. The molecular weight excluding hydrogens is 354 g/mol. The number of nitro groups is 1. The van der Waals surface area contributed by atoms with Gasteiger partial charge in [0, 0.05) is 26.8 Å². The summed E-state index contributed by atoms with van der Waals surface area (Å²) in [5.41, 5.74) is 0.785. The summed E-state index contributed by atoms with van der Waals surface area (Å²) in [6.45, 7) is 1.41. The monoisotopic (exact) mass is 377 g/mol. The number of hydrogen-bond donors (Lipinski definition) is 2. The fraction of sp³-hybridized carbons (Fsp3) is 0.438. The van der Waals surface area contributed by atoms with E-state index in [0.29, 0.717) is 17.9 Å². The van der Waals surface area contributed by atoms with Crippen LogP contribution in [0.4, 0.5) is 11.5 Å². The Morgan fingerprint density at radius 1 is 1.22 bits per heavy atom. The molecule has 0 aliphatic heterocycles. The minimum Gasteiger partial charge on any atom is -0.358 e. The second-order valence-electron chi connectivity index (χ2n) is 6.38. The van der Waals surface area contributed by atoms with Crippen molar-refractivity contribution >= 4 is 23.3 Å². The number of amides is 2. The van der Waals surface area contributed by atoms with Crippen LogP contribution in [-0.4, -0.2) is 62.9 Å². The maximum absolute atomic E-state index is 12.3. The molecule has 0 aliphatic rings. The highest BCUT2D eigenvalue weighted by molar-refractivity contribution is 6.03. The lowest BCUT2D eigenvalue weighted by Crippen LogP contribution is -2.28. The Kier molecular flexibility index (Phi) is 6.29. The van der Waals surface area contributed by atoms with Crippen LogP contribution in [0.1, 0.15) is 27.5 Å². The molecule has 0 aromatic carbocycles. The number of aryl methyl sites for hydroxylation is 2. The van der Waals surface area contributed by atoms with E-state index in [1.54, 1.807) is 17.8 Å². The molecule has 0 radical (unpaired) electrons. The van der Waals surface area contributed by atoms with Gasteiger partial charge >= 0.3 is 17.5 Å². The van der Waals surface area contributed by atoms with Gasteiger partial charge in [-0.3, -0.25) is 9.59 Å². The number of aromatic nitrogens is 3. The van der Waals surface area contributed by atoms with Crippen LogP contribution in [0.15, 0.2) is 18.5 Å². The quantitative estimate of drug-likeness (QED) is 0.394. The topological polar surface area (TPSA) is 127 Å². The van der Waals surface area contributed by atoms with E-state index >= 15 is 0 Å². The fourth-order valence-electron chi connectivity index (χ4n) is 2.48. The predicted octanol–water partition coefficient (Wildman–Crippen LogP) is 0.601. The first kappa shape index (κ1) is 20.1. The molecule has 0 spiro atoms. The van der Waals surface area contributed by atoms with Crippen LogP contribution in [-0.2, 0) is 14.1 Å². The summed E-state index contributed by atoms with van der Waals surface area (Å²) in [5, 5.41) is 16.2. The molecule has 0 aliphatic carbocycles. The van der Waals surface area contributed by atoms with Crippen molar-refractivity contribution in [1.82, 2.24) is 24.3 Å². The van der Waals surface area contributed by atoms with Gasteiger partial charge in [0.15, 0.2) is 0 Å². The summed E-state index contributed by atoms with van der Waals surface area (Å²) in [7, 11) is 7.11. The number of nitrogens with zero attached hydrogens (tertiary/aromatic N) is 5. The van der Waals surface area contributed by atoms with Crippen molar-refractivity contribution in [3.63, 3.8) is 0 Å². The largest absolute Gasteiger partial charge is 0.382 e. The standard InChI is InChI=1S/C16H23N7O4/c1-20(2)7-5-6-17-15(24)12-8-11(9-21(12)3)18-16(25)14-19-13(23(26)27)10-22(14)4/h8-10H,5-7H2,1-4H3,(H,17,24)(H,18,25). The van der Waals surface area contributed by atoms with E-state index in [-0.39, 0.29) is 11.7 Å². The molecule has 2 aromatic heterocycles. The van der Waals surface area contributed by atoms with Gasteiger partial charge in [-0.05, 0) is 43.0 Å². The Hall–Kier alpha value is -3.21. The average Bonchev–Trinajstić information content (AvgIpc) is 3.14. The lowest BCUT2D eigenvalue weighted by molar-refractivity contribution is -0.389. The number of nitrogens with one attached hydrogen (secondary N) is 2. The van der Waals surface area contributed by atoms with Gasteiger partial charge in [0.1, 0.15) is 11.9 Å². The third kappa shape index (κ3) is 5.14. The van der Waals surface area contributed by atoms with Crippen LogP contribution in [0, 0.1) is 10.1 Å². The molecule has 0 bridgehead atoms. The molecule has 11 heteroatoms. The van der Waals surface area contributed by atoms with E-state index in [1.165, 1.54) is 17.7 Å². The maximum atomic E-state index is 12.3. The lowest BCUT2D eigenvalue weighted by atomic mass is 10.3. The first-order valence-corrected chi connectivity index (χ1v) is 8.27. The second-order valence-corrected chi connectivity index (χ2v) is 6.38. The smallest absolute Gasteiger partial charge is 0.358 e. The number of imidazole rings is 1. The van der Waals surface area contributed by atoms with Crippen LogP contribution in [0.5, 0.6) is 0 Å². The minimum absolute atomic E-state index is 0.0970. The maximum Gasteiger partial charge on any atom is 0.382 e. The molecule has 0 atom stereocenters. The van der Waals surface area contributed by atoms with Crippen LogP contribution in [0.25, 0.3) is 0 Å². The normalized spacial score (nSPS) is 10.9. The molecule has 0 saturated heterocycles. The summed E-state index contributed by atoms with van der Waals surface area (Å²) < 4.78 is 2.87. The first-order chi connectivity index (χ1) is 12.7. The summed E-state index contributed by atoms with van der Waals surface area (Å²) in [6.07, 6.45) is 3.57. The highest BCUT2D eigenvalue weighted by atomic mass is 16.6. The Bertz CT molecular complexity index is 853. The zero-order valence-corrected chi connectivity index (χ0v) is 15.7. The summed E-state index contributed by atoms with van der Waals surface area (Å²) >= 11 is 0. The third-order valence-electron chi connectivity index (χ3n) is 3.82. The van der Waals surface area contributed by atoms with Gasteiger partial charge in [-0.15, -0.1) is 0 Å². The van der Waals surface area contributed by atoms with Crippen molar-refractivity contribution in [2.24, 2.45) is 14.1 Å². The van der Waals surface area contributed by atoms with Gasteiger partial charge in [-0.2, -0.15) is 0 Å². The number of hydrogen-bond acceptors (Lipinski definition) is 6. The Balaban J connectivity index is 2.02. The molecule has 27 heavy (non-hydrogen) atoms. The van der Waals surface area contributed by atoms with E-state index in [2.05, 4.69) is 15.6 Å². The summed E-state index contributed by atoms with van der Waals surface area (Å²) in [4.78, 5) is 40.4. The highest BCUT2D eigenvalue weighted by Crippen LogP contribution is 2.15. The number of anilines is 1. The van der Waals surface area contributed by atoms with Gasteiger partial charge in [0.05, 0.1) is 5.69 Å². The average molecular weight is 377 g/mol. The molecule has 0 fully saturated rings. The van der Waals surface area contributed by atoms with Gasteiger partial charge < -0.3 is 34.8 Å². The molecular formula is C16H23N7O4. The molecule has 2 N–H and O–H groups in total. The molecule has 2 amide bonds. The Morgan fingerprint density at radius 3 is 2.52 bits per heavy atom. The van der Waals surface area contributed by atoms with Crippen LogP contribution < -0.4 is 10.6 Å². The second kappa shape index (κ2) is 8.45. The Morgan fingerprint density at radius 2 is 1.93 bits per heavy atom. The minimum atomic E-state index is -0.669. The molecule has 2 rings (SSSR count). The summed E-state index contributed by atoms with van der Waals surface area (Å²) in [6, 6.07) is 1.54.